The van der Waals surface area contributed by atoms with E-state index in [1.165, 1.54) is 18.3 Å². The zero-order chi connectivity index (χ0) is 13.5. The predicted octanol–water partition coefficient (Wildman–Crippen LogP) is 2.78. The molecule has 2 N–H and O–H groups in total. The maximum atomic E-state index is 12.9. The van der Waals surface area contributed by atoms with Crippen LogP contribution in [0.4, 0.5) is 13.2 Å². The lowest BCUT2D eigenvalue weighted by Gasteiger charge is -2.24. The third kappa shape index (κ3) is 2.23. The summed E-state index contributed by atoms with van der Waals surface area (Å²) in [7, 11) is 0. The Hall–Kier alpha value is -1.82. The van der Waals surface area contributed by atoms with E-state index in [-0.39, 0.29) is 11.5 Å². The van der Waals surface area contributed by atoms with Gasteiger partial charge in [0, 0.05) is 24.6 Å². The van der Waals surface area contributed by atoms with E-state index in [9.17, 15) is 13.2 Å². The summed E-state index contributed by atoms with van der Waals surface area (Å²) in [6, 6.07) is 5.52. The lowest BCUT2D eigenvalue weighted by molar-refractivity contribution is -0.137. The third-order valence-corrected chi connectivity index (χ3v) is 3.29. The summed E-state index contributed by atoms with van der Waals surface area (Å²) in [6.45, 7) is 1.63. The Balaban J connectivity index is 1.99. The average Bonchev–Trinajstić information content (AvgIpc) is 2.75. The topological polar surface area (TPSA) is 40.7 Å². The number of aromatic amines is 1. The lowest BCUT2D eigenvalue weighted by Crippen LogP contribution is -2.40. The van der Waals surface area contributed by atoms with Crippen molar-refractivity contribution in [3.63, 3.8) is 0 Å². The Morgan fingerprint density at radius 1 is 1.16 bits per heavy atom. The molecule has 1 aliphatic heterocycles. The third-order valence-electron chi connectivity index (χ3n) is 3.29. The van der Waals surface area contributed by atoms with Crippen LogP contribution in [0.25, 0.3) is 11.3 Å². The summed E-state index contributed by atoms with van der Waals surface area (Å²) in [5.41, 5.74) is -0.0900. The fourth-order valence-electron chi connectivity index (χ4n) is 2.13. The second kappa shape index (κ2) is 4.38. The summed E-state index contributed by atoms with van der Waals surface area (Å²) < 4.78 is 38.8. The minimum Gasteiger partial charge on any atom is -0.342 e. The lowest BCUT2D eigenvalue weighted by atomic mass is 10.0. The first kappa shape index (κ1) is 12.2. The number of halogens is 3. The standard InChI is InChI=1S/C13H12F3N3/c14-13(15,16)10-4-2-1-3-9(10)11-7-18-12(19-11)8-5-17-6-8/h1-4,7-8,17H,5-6H2,(H,18,19). The highest BCUT2D eigenvalue weighted by atomic mass is 19.4. The number of H-pyrrole nitrogens is 1. The van der Waals surface area contributed by atoms with Crippen molar-refractivity contribution < 1.29 is 13.2 Å². The molecular weight excluding hydrogens is 255 g/mol. The molecule has 1 saturated heterocycles. The highest BCUT2D eigenvalue weighted by Crippen LogP contribution is 2.36. The van der Waals surface area contributed by atoms with E-state index in [1.54, 1.807) is 6.07 Å². The van der Waals surface area contributed by atoms with Crippen molar-refractivity contribution in [2.75, 3.05) is 13.1 Å². The molecule has 2 aromatic rings. The Morgan fingerprint density at radius 3 is 2.53 bits per heavy atom. The molecule has 6 heteroatoms. The molecule has 3 rings (SSSR count). The number of aromatic nitrogens is 2. The quantitative estimate of drug-likeness (QED) is 0.878. The summed E-state index contributed by atoms with van der Waals surface area (Å²) in [5, 5.41) is 3.10. The van der Waals surface area contributed by atoms with E-state index in [2.05, 4.69) is 15.3 Å². The van der Waals surface area contributed by atoms with Gasteiger partial charge in [-0.15, -0.1) is 0 Å². The Kier molecular flexibility index (Phi) is 2.82. The summed E-state index contributed by atoms with van der Waals surface area (Å²) >= 11 is 0. The molecule has 0 bridgehead atoms. The van der Waals surface area contributed by atoms with Crippen LogP contribution < -0.4 is 5.32 Å². The zero-order valence-electron chi connectivity index (χ0n) is 9.96. The fourth-order valence-corrected chi connectivity index (χ4v) is 2.13. The summed E-state index contributed by atoms with van der Waals surface area (Å²) in [6.07, 6.45) is -2.89. The van der Waals surface area contributed by atoms with Gasteiger partial charge >= 0.3 is 6.18 Å². The van der Waals surface area contributed by atoms with Crippen molar-refractivity contribution in [1.29, 1.82) is 0 Å². The molecule has 0 aliphatic carbocycles. The smallest absolute Gasteiger partial charge is 0.342 e. The van der Waals surface area contributed by atoms with Crippen LogP contribution in [0.2, 0.25) is 0 Å². The molecule has 0 unspecified atom stereocenters. The van der Waals surface area contributed by atoms with E-state index in [0.717, 1.165) is 25.0 Å². The van der Waals surface area contributed by atoms with Gasteiger partial charge in [-0.25, -0.2) is 4.98 Å². The Morgan fingerprint density at radius 2 is 1.89 bits per heavy atom. The van der Waals surface area contributed by atoms with Crippen LogP contribution in [-0.4, -0.2) is 23.1 Å². The minimum atomic E-state index is -4.36. The Bertz CT molecular complexity index is 585. The molecule has 0 atom stereocenters. The fraction of sp³-hybridized carbons (Fsp3) is 0.308. The highest BCUT2D eigenvalue weighted by Gasteiger charge is 2.34. The van der Waals surface area contributed by atoms with Crippen molar-refractivity contribution in [2.24, 2.45) is 0 Å². The SMILES string of the molecule is FC(F)(F)c1ccccc1-c1cnc(C2CNC2)[nH]1. The van der Waals surface area contributed by atoms with Crippen LogP contribution in [0.15, 0.2) is 30.5 Å². The number of nitrogens with one attached hydrogen (secondary N) is 2. The largest absolute Gasteiger partial charge is 0.417 e. The van der Waals surface area contributed by atoms with E-state index in [0.29, 0.717) is 5.69 Å². The number of imidazole rings is 1. The van der Waals surface area contributed by atoms with Gasteiger partial charge in [-0.1, -0.05) is 18.2 Å². The van der Waals surface area contributed by atoms with Gasteiger partial charge in [-0.3, -0.25) is 0 Å². The first-order chi connectivity index (χ1) is 9.05. The first-order valence-electron chi connectivity index (χ1n) is 5.98. The van der Waals surface area contributed by atoms with Gasteiger partial charge < -0.3 is 10.3 Å². The van der Waals surface area contributed by atoms with Gasteiger partial charge in [-0.2, -0.15) is 13.2 Å². The molecule has 1 fully saturated rings. The van der Waals surface area contributed by atoms with Crippen LogP contribution in [0.3, 0.4) is 0 Å². The average molecular weight is 267 g/mol. The second-order valence-electron chi connectivity index (χ2n) is 4.58. The van der Waals surface area contributed by atoms with Gasteiger partial charge in [0.1, 0.15) is 5.82 Å². The van der Waals surface area contributed by atoms with E-state index in [4.69, 9.17) is 0 Å². The van der Waals surface area contributed by atoms with E-state index < -0.39 is 11.7 Å². The number of nitrogens with zero attached hydrogens (tertiary/aromatic N) is 1. The molecule has 0 spiro atoms. The van der Waals surface area contributed by atoms with Crippen LogP contribution in [0.1, 0.15) is 17.3 Å². The van der Waals surface area contributed by atoms with Crippen LogP contribution in [0, 0.1) is 0 Å². The molecule has 1 aromatic heterocycles. The summed E-state index contributed by atoms with van der Waals surface area (Å²) in [5.74, 6) is 1.01. The number of hydrogen-bond acceptors (Lipinski definition) is 2. The van der Waals surface area contributed by atoms with Crippen molar-refractivity contribution in [1.82, 2.24) is 15.3 Å². The van der Waals surface area contributed by atoms with E-state index in [1.807, 2.05) is 0 Å². The number of alkyl halides is 3. The van der Waals surface area contributed by atoms with Gasteiger partial charge in [0.25, 0.3) is 0 Å². The van der Waals surface area contributed by atoms with Gasteiger partial charge in [0.2, 0.25) is 0 Å². The van der Waals surface area contributed by atoms with Crippen molar-refractivity contribution in [2.45, 2.75) is 12.1 Å². The predicted molar refractivity (Wildman–Crippen MR) is 64.6 cm³/mol. The minimum absolute atomic E-state index is 0.140. The molecular formula is C13H12F3N3. The molecule has 2 heterocycles. The molecule has 19 heavy (non-hydrogen) atoms. The number of hydrogen-bond donors (Lipinski definition) is 2. The van der Waals surface area contributed by atoms with Crippen LogP contribution in [0.5, 0.6) is 0 Å². The molecule has 100 valence electrons. The number of benzene rings is 1. The molecule has 3 nitrogen and oxygen atoms in total. The Labute approximate surface area is 107 Å². The maximum absolute atomic E-state index is 12.9. The van der Waals surface area contributed by atoms with Crippen molar-refractivity contribution >= 4 is 0 Å². The monoisotopic (exact) mass is 267 g/mol. The maximum Gasteiger partial charge on any atom is 0.417 e. The molecule has 0 radical (unpaired) electrons. The molecule has 0 amide bonds. The highest BCUT2D eigenvalue weighted by molar-refractivity contribution is 5.64. The molecule has 0 saturated carbocycles. The zero-order valence-corrected chi connectivity index (χ0v) is 9.96. The molecule has 1 aromatic carbocycles. The normalized spacial score (nSPS) is 16.4. The van der Waals surface area contributed by atoms with Gasteiger partial charge in [0.05, 0.1) is 17.5 Å². The van der Waals surface area contributed by atoms with Gasteiger partial charge in [0.15, 0.2) is 0 Å². The second-order valence-corrected chi connectivity index (χ2v) is 4.58. The van der Waals surface area contributed by atoms with Crippen molar-refractivity contribution in [3.05, 3.63) is 41.9 Å². The number of rotatable bonds is 2. The van der Waals surface area contributed by atoms with Crippen molar-refractivity contribution in [3.8, 4) is 11.3 Å². The van der Waals surface area contributed by atoms with Gasteiger partial charge in [-0.05, 0) is 6.07 Å². The molecule has 1 aliphatic rings. The summed E-state index contributed by atoms with van der Waals surface area (Å²) in [4.78, 5) is 7.17. The van der Waals surface area contributed by atoms with E-state index >= 15 is 0 Å². The van der Waals surface area contributed by atoms with Crippen LogP contribution >= 0.6 is 0 Å². The van der Waals surface area contributed by atoms with Crippen LogP contribution in [-0.2, 0) is 6.18 Å². The first-order valence-corrected chi connectivity index (χ1v) is 5.98.